The zero-order valence-corrected chi connectivity index (χ0v) is 11.5. The molecule has 2 nitrogen and oxygen atoms in total. The van der Waals surface area contributed by atoms with E-state index in [1.165, 1.54) is 6.07 Å². The standard InChI is InChI=1S/C12H12BrClFNO/c13-11-9(2-1-3-10(11)15)12(17)16-5-4-8(6-14)7-16/h1-3,8H,4-7H2. The molecule has 0 aromatic heterocycles. The van der Waals surface area contributed by atoms with Crippen LogP contribution in [0.4, 0.5) is 4.39 Å². The first-order chi connectivity index (χ1) is 8.13. The van der Waals surface area contributed by atoms with Crippen LogP contribution in [0.1, 0.15) is 16.8 Å². The molecule has 0 saturated carbocycles. The van der Waals surface area contributed by atoms with Crippen molar-refractivity contribution in [1.82, 2.24) is 4.90 Å². The minimum Gasteiger partial charge on any atom is -0.338 e. The summed E-state index contributed by atoms with van der Waals surface area (Å²) < 4.78 is 13.6. The average molecular weight is 321 g/mol. The molecule has 1 saturated heterocycles. The fourth-order valence-corrected chi connectivity index (χ4v) is 2.67. The maximum Gasteiger partial charge on any atom is 0.255 e. The molecule has 0 N–H and O–H groups in total. The number of nitrogens with zero attached hydrogens (tertiary/aromatic N) is 1. The highest BCUT2D eigenvalue weighted by atomic mass is 79.9. The Morgan fingerprint density at radius 3 is 3.00 bits per heavy atom. The van der Waals surface area contributed by atoms with Crippen LogP contribution in [-0.2, 0) is 0 Å². The Hall–Kier alpha value is -0.610. The molecule has 1 heterocycles. The first-order valence-electron chi connectivity index (χ1n) is 5.42. The van der Waals surface area contributed by atoms with Crippen LogP contribution in [0.15, 0.2) is 22.7 Å². The summed E-state index contributed by atoms with van der Waals surface area (Å²) in [4.78, 5) is 13.9. The van der Waals surface area contributed by atoms with Gasteiger partial charge in [0, 0.05) is 19.0 Å². The fraction of sp³-hybridized carbons (Fsp3) is 0.417. The van der Waals surface area contributed by atoms with Crippen molar-refractivity contribution in [3.63, 3.8) is 0 Å². The number of carbonyl (C=O) groups excluding carboxylic acids is 1. The molecule has 5 heteroatoms. The molecule has 0 aliphatic carbocycles. The van der Waals surface area contributed by atoms with Crippen molar-refractivity contribution in [2.75, 3.05) is 19.0 Å². The molecule has 17 heavy (non-hydrogen) atoms. The first-order valence-corrected chi connectivity index (χ1v) is 6.75. The van der Waals surface area contributed by atoms with E-state index in [-0.39, 0.29) is 10.4 Å². The summed E-state index contributed by atoms with van der Waals surface area (Å²) in [6, 6.07) is 4.50. The molecule has 1 fully saturated rings. The summed E-state index contributed by atoms with van der Waals surface area (Å²) in [5.74, 6) is 0.370. The Kier molecular flexibility index (Phi) is 4.05. The van der Waals surface area contributed by atoms with Gasteiger partial charge in [0.1, 0.15) is 5.82 Å². The van der Waals surface area contributed by atoms with Crippen molar-refractivity contribution in [2.45, 2.75) is 6.42 Å². The SMILES string of the molecule is O=C(c1cccc(F)c1Br)N1CCC(CCl)C1. The fourth-order valence-electron chi connectivity index (χ4n) is 1.98. The van der Waals surface area contributed by atoms with Gasteiger partial charge in [-0.3, -0.25) is 4.79 Å². The van der Waals surface area contributed by atoms with E-state index in [1.807, 2.05) is 0 Å². The third-order valence-electron chi connectivity index (χ3n) is 2.97. The van der Waals surface area contributed by atoms with Gasteiger partial charge in [-0.15, -0.1) is 11.6 Å². The zero-order valence-electron chi connectivity index (χ0n) is 9.13. The average Bonchev–Trinajstić information content (AvgIpc) is 2.80. The van der Waals surface area contributed by atoms with Gasteiger partial charge in [0.15, 0.2) is 0 Å². The number of benzene rings is 1. The van der Waals surface area contributed by atoms with Crippen molar-refractivity contribution in [1.29, 1.82) is 0 Å². The molecule has 92 valence electrons. The molecular formula is C12H12BrClFNO. The molecule has 0 radical (unpaired) electrons. The highest BCUT2D eigenvalue weighted by Crippen LogP contribution is 2.25. The van der Waals surface area contributed by atoms with Gasteiger partial charge in [0.25, 0.3) is 5.91 Å². The van der Waals surface area contributed by atoms with E-state index in [9.17, 15) is 9.18 Å². The van der Waals surface area contributed by atoms with E-state index in [0.717, 1.165) is 6.42 Å². The molecule has 1 aliphatic heterocycles. The van der Waals surface area contributed by atoms with Crippen LogP contribution in [0.5, 0.6) is 0 Å². The largest absolute Gasteiger partial charge is 0.338 e. The van der Waals surface area contributed by atoms with Gasteiger partial charge in [-0.2, -0.15) is 0 Å². The summed E-state index contributed by atoms with van der Waals surface area (Å²) in [7, 11) is 0. The Bertz CT molecular complexity index is 441. The molecule has 0 bridgehead atoms. The second kappa shape index (κ2) is 5.36. The zero-order chi connectivity index (χ0) is 12.4. The van der Waals surface area contributed by atoms with E-state index in [4.69, 9.17) is 11.6 Å². The van der Waals surface area contributed by atoms with Gasteiger partial charge < -0.3 is 4.90 Å². The normalized spacial score (nSPS) is 19.7. The van der Waals surface area contributed by atoms with Crippen LogP contribution < -0.4 is 0 Å². The van der Waals surface area contributed by atoms with E-state index >= 15 is 0 Å². The molecule has 2 rings (SSSR count). The second-order valence-electron chi connectivity index (χ2n) is 4.16. The molecule has 1 atom stereocenters. The maximum absolute atomic E-state index is 13.3. The van der Waals surface area contributed by atoms with E-state index in [0.29, 0.717) is 30.5 Å². The van der Waals surface area contributed by atoms with Crippen molar-refractivity contribution in [3.8, 4) is 0 Å². The number of amides is 1. The molecule has 1 aromatic carbocycles. The Morgan fingerprint density at radius 2 is 2.35 bits per heavy atom. The number of likely N-dealkylation sites (tertiary alicyclic amines) is 1. The number of halogens is 3. The summed E-state index contributed by atoms with van der Waals surface area (Å²) in [5.41, 5.74) is 0.375. The summed E-state index contributed by atoms with van der Waals surface area (Å²) in [6.07, 6.45) is 0.919. The molecule has 1 aliphatic rings. The van der Waals surface area contributed by atoms with Gasteiger partial charge in [0.2, 0.25) is 0 Å². The lowest BCUT2D eigenvalue weighted by molar-refractivity contribution is 0.0787. The molecular weight excluding hydrogens is 308 g/mol. The molecule has 1 unspecified atom stereocenters. The number of hydrogen-bond donors (Lipinski definition) is 0. The Labute approximate surface area is 113 Å². The van der Waals surface area contributed by atoms with Crippen LogP contribution in [0.25, 0.3) is 0 Å². The van der Waals surface area contributed by atoms with E-state index in [1.54, 1.807) is 17.0 Å². The minimum absolute atomic E-state index is 0.135. The summed E-state index contributed by atoms with van der Waals surface area (Å²) in [5, 5.41) is 0. The molecule has 1 amide bonds. The molecule has 0 spiro atoms. The number of alkyl halides is 1. The lowest BCUT2D eigenvalue weighted by atomic mass is 10.1. The third-order valence-corrected chi connectivity index (χ3v) is 4.22. The minimum atomic E-state index is -0.413. The van der Waals surface area contributed by atoms with Crippen LogP contribution in [-0.4, -0.2) is 29.8 Å². The smallest absolute Gasteiger partial charge is 0.255 e. The highest BCUT2D eigenvalue weighted by molar-refractivity contribution is 9.10. The van der Waals surface area contributed by atoms with E-state index in [2.05, 4.69) is 15.9 Å². The van der Waals surface area contributed by atoms with Crippen LogP contribution in [0.2, 0.25) is 0 Å². The van der Waals surface area contributed by atoms with Gasteiger partial charge in [-0.05, 0) is 40.4 Å². The van der Waals surface area contributed by atoms with Crippen LogP contribution in [0.3, 0.4) is 0 Å². The van der Waals surface area contributed by atoms with Crippen LogP contribution >= 0.6 is 27.5 Å². The monoisotopic (exact) mass is 319 g/mol. The van der Waals surface area contributed by atoms with Crippen molar-refractivity contribution >= 4 is 33.4 Å². The van der Waals surface area contributed by atoms with Gasteiger partial charge in [-0.25, -0.2) is 4.39 Å². The Morgan fingerprint density at radius 1 is 1.59 bits per heavy atom. The van der Waals surface area contributed by atoms with Crippen LogP contribution in [0, 0.1) is 11.7 Å². The highest BCUT2D eigenvalue weighted by Gasteiger charge is 2.27. The van der Waals surface area contributed by atoms with Gasteiger partial charge in [-0.1, -0.05) is 6.07 Å². The first kappa shape index (κ1) is 12.8. The quantitative estimate of drug-likeness (QED) is 0.766. The topological polar surface area (TPSA) is 20.3 Å². The number of carbonyl (C=O) groups is 1. The predicted octanol–water partition coefficient (Wildman–Crippen LogP) is 3.29. The third kappa shape index (κ3) is 2.63. The maximum atomic E-state index is 13.3. The number of rotatable bonds is 2. The lowest BCUT2D eigenvalue weighted by Gasteiger charge is -2.17. The Balaban J connectivity index is 2.18. The summed E-state index contributed by atoms with van der Waals surface area (Å²) >= 11 is 8.88. The van der Waals surface area contributed by atoms with Gasteiger partial charge in [0.05, 0.1) is 10.0 Å². The lowest BCUT2D eigenvalue weighted by Crippen LogP contribution is -2.29. The number of hydrogen-bond acceptors (Lipinski definition) is 1. The molecule has 1 aromatic rings. The van der Waals surface area contributed by atoms with E-state index < -0.39 is 5.82 Å². The van der Waals surface area contributed by atoms with Gasteiger partial charge >= 0.3 is 0 Å². The van der Waals surface area contributed by atoms with Crippen molar-refractivity contribution < 1.29 is 9.18 Å². The van der Waals surface area contributed by atoms with Crippen molar-refractivity contribution in [3.05, 3.63) is 34.1 Å². The van der Waals surface area contributed by atoms with Crippen molar-refractivity contribution in [2.24, 2.45) is 5.92 Å². The second-order valence-corrected chi connectivity index (χ2v) is 5.26. The summed E-state index contributed by atoms with van der Waals surface area (Å²) in [6.45, 7) is 1.35. The predicted molar refractivity (Wildman–Crippen MR) is 68.8 cm³/mol.